The lowest BCUT2D eigenvalue weighted by molar-refractivity contribution is -0.304. The van der Waals surface area contributed by atoms with Crippen molar-refractivity contribution in [1.82, 2.24) is 20.1 Å². The Hall–Kier alpha value is -4.54. The van der Waals surface area contributed by atoms with Crippen LogP contribution < -0.4 is 24.8 Å². The second kappa shape index (κ2) is 18.0. The molecule has 398 valence electrons. The SMILES string of the molecule is CCOc1ccc2c3c1O[C@H]1[C@@H](O[C@@H]4O[C@H](C(=O)NCCSSCCC(=O)Nc5cccc6c7c([nH]c56)[C@@H]5Oc6c(O)ccc8c6C56CCN(CC5CC5)[C@@H](C8)[C@]6(O)C7)[C@@H](O)[C@H](O)[C@H]4O)C=CC4[C@@H](C2)N(C)CCC341. The van der Waals surface area contributed by atoms with E-state index in [0.717, 1.165) is 77.1 Å². The number of ether oxygens (including phenoxy) is 5. The summed E-state index contributed by atoms with van der Waals surface area (Å²) >= 11 is 0. The first-order valence-corrected chi connectivity index (χ1v) is 29.5. The van der Waals surface area contributed by atoms with Crippen LogP contribution in [0.25, 0.3) is 10.9 Å². The van der Waals surface area contributed by atoms with Crippen LogP contribution in [0, 0.1) is 11.8 Å². The van der Waals surface area contributed by atoms with Gasteiger partial charge >= 0.3 is 0 Å². The molecule has 75 heavy (non-hydrogen) atoms. The number of aromatic hydroxyl groups is 1. The van der Waals surface area contributed by atoms with E-state index in [1.807, 2.05) is 43.3 Å². The number of rotatable bonds is 15. The lowest BCUT2D eigenvalue weighted by atomic mass is 9.49. The molecule has 4 bridgehead atoms. The van der Waals surface area contributed by atoms with Crippen molar-refractivity contribution in [2.24, 2.45) is 11.8 Å². The Kier molecular flexibility index (Phi) is 11.7. The maximum absolute atomic E-state index is 13.6. The molecular formula is C56H65N5O12S2. The van der Waals surface area contributed by atoms with Crippen molar-refractivity contribution in [2.75, 3.05) is 56.7 Å². The summed E-state index contributed by atoms with van der Waals surface area (Å²) in [5, 5.41) is 64.5. The lowest BCUT2D eigenvalue weighted by Gasteiger charge is -2.62. The number of phenolic OH excluding ortho intramolecular Hbond substituents is 1. The number of likely N-dealkylation sites (N-methyl/N-ethyl adjacent to an activating group) is 1. The minimum atomic E-state index is -1.71. The fraction of sp³-hybridized carbons (Fsp3) is 0.571. The van der Waals surface area contributed by atoms with Gasteiger partial charge in [-0.05, 0) is 106 Å². The highest BCUT2D eigenvalue weighted by molar-refractivity contribution is 8.76. The number of nitrogens with zero attached hydrogens (tertiary/aromatic N) is 2. The van der Waals surface area contributed by atoms with Crippen LogP contribution in [-0.4, -0.2) is 164 Å². The highest BCUT2D eigenvalue weighted by Gasteiger charge is 2.73. The van der Waals surface area contributed by atoms with Gasteiger partial charge in [-0.1, -0.05) is 58.0 Å². The first-order valence-electron chi connectivity index (χ1n) is 27.0. The predicted octanol–water partition coefficient (Wildman–Crippen LogP) is 4.14. The molecule has 0 radical (unpaired) electrons. The van der Waals surface area contributed by atoms with E-state index in [1.54, 1.807) is 6.07 Å². The number of carbonyl (C=O) groups excluding carboxylic acids is 2. The van der Waals surface area contributed by atoms with Crippen LogP contribution in [0.4, 0.5) is 5.69 Å². The van der Waals surface area contributed by atoms with Gasteiger partial charge in [-0.15, -0.1) is 0 Å². The van der Waals surface area contributed by atoms with Gasteiger partial charge in [0.1, 0.15) is 30.5 Å². The zero-order chi connectivity index (χ0) is 51.3. The minimum absolute atomic E-state index is 0.0844. The first-order chi connectivity index (χ1) is 36.3. The van der Waals surface area contributed by atoms with E-state index in [9.17, 15) is 35.1 Å². The zero-order valence-electron chi connectivity index (χ0n) is 42.0. The molecule has 3 saturated heterocycles. The van der Waals surface area contributed by atoms with Crippen molar-refractivity contribution in [2.45, 2.75) is 136 Å². The summed E-state index contributed by atoms with van der Waals surface area (Å²) in [6, 6.07) is 13.9. The number of hydrogen-bond donors (Lipinski definition) is 8. The van der Waals surface area contributed by atoms with Gasteiger partial charge in [0.25, 0.3) is 5.91 Å². The summed E-state index contributed by atoms with van der Waals surface area (Å²) in [6.07, 6.45) is 0.678. The molecule has 6 heterocycles. The van der Waals surface area contributed by atoms with Crippen LogP contribution in [0.5, 0.6) is 23.0 Å². The average molecular weight is 1060 g/mol. The van der Waals surface area contributed by atoms with Crippen LogP contribution in [0.3, 0.4) is 0 Å². The molecule has 4 aromatic rings. The third kappa shape index (κ3) is 7.14. The van der Waals surface area contributed by atoms with E-state index in [0.29, 0.717) is 60.5 Å². The Bertz CT molecular complexity index is 3030. The molecule has 1 aromatic heterocycles. The summed E-state index contributed by atoms with van der Waals surface area (Å²) in [6.45, 7) is 5.35. The minimum Gasteiger partial charge on any atom is -0.504 e. The summed E-state index contributed by atoms with van der Waals surface area (Å²) in [4.78, 5) is 35.7. The van der Waals surface area contributed by atoms with Crippen molar-refractivity contribution in [1.29, 1.82) is 0 Å². The number of aliphatic hydroxyl groups excluding tert-OH is 3. The smallest absolute Gasteiger partial charge is 0.252 e. The summed E-state index contributed by atoms with van der Waals surface area (Å²) in [5.74, 6) is 3.00. The number of carbonyl (C=O) groups is 2. The van der Waals surface area contributed by atoms with E-state index in [2.05, 4.69) is 44.6 Å². The van der Waals surface area contributed by atoms with Crippen molar-refractivity contribution in [3.8, 4) is 23.0 Å². The number of nitrogens with one attached hydrogen (secondary N) is 3. The molecule has 8 N–H and O–H groups in total. The lowest BCUT2D eigenvalue weighted by Crippen LogP contribution is -2.74. The molecule has 5 aliphatic heterocycles. The summed E-state index contributed by atoms with van der Waals surface area (Å²) < 4.78 is 32.2. The van der Waals surface area contributed by atoms with Gasteiger partial charge in [0.15, 0.2) is 41.5 Å². The Morgan fingerprint density at radius 1 is 0.933 bits per heavy atom. The maximum Gasteiger partial charge on any atom is 0.252 e. The second-order valence-electron chi connectivity index (χ2n) is 22.8. The quantitative estimate of drug-likeness (QED) is 0.0476. The Labute approximate surface area is 442 Å². The Morgan fingerprint density at radius 2 is 1.76 bits per heavy atom. The zero-order valence-corrected chi connectivity index (χ0v) is 43.7. The topological polar surface area (TPSA) is 228 Å². The van der Waals surface area contributed by atoms with E-state index < -0.39 is 71.4 Å². The molecule has 2 amide bonds. The number of benzene rings is 3. The second-order valence-corrected chi connectivity index (χ2v) is 25.5. The number of anilines is 1. The molecule has 1 saturated carbocycles. The van der Waals surface area contributed by atoms with Crippen molar-refractivity contribution in [3.05, 3.63) is 88.1 Å². The number of phenols is 1. The van der Waals surface area contributed by atoms with Crippen LogP contribution in [0.15, 0.2) is 54.6 Å². The molecule has 14 atom stereocenters. The number of aromatic nitrogens is 1. The fourth-order valence-electron chi connectivity index (χ4n) is 15.5. The summed E-state index contributed by atoms with van der Waals surface area (Å²) in [5.41, 5.74) is 5.55. The third-order valence-electron chi connectivity index (χ3n) is 19.0. The molecule has 2 spiro atoms. The van der Waals surface area contributed by atoms with Gasteiger partial charge in [-0.25, -0.2) is 0 Å². The van der Waals surface area contributed by atoms with Crippen LogP contribution >= 0.6 is 21.6 Å². The largest absolute Gasteiger partial charge is 0.504 e. The average Bonchev–Trinajstić information content (AvgIpc) is 4.03. The molecule has 5 aliphatic carbocycles. The molecule has 17 nitrogen and oxygen atoms in total. The number of hydrogen-bond acceptors (Lipinski definition) is 16. The third-order valence-corrected chi connectivity index (χ3v) is 21.4. The van der Waals surface area contributed by atoms with Crippen molar-refractivity contribution >= 4 is 50.0 Å². The molecule has 14 rings (SSSR count). The maximum atomic E-state index is 13.6. The van der Waals surface area contributed by atoms with E-state index in [-0.39, 0.29) is 42.6 Å². The highest BCUT2D eigenvalue weighted by atomic mass is 33.1. The van der Waals surface area contributed by atoms with Crippen LogP contribution in [0.2, 0.25) is 0 Å². The molecule has 3 unspecified atom stereocenters. The number of piperidine rings is 2. The molecule has 4 fully saturated rings. The molecule has 3 aromatic carbocycles. The number of amides is 2. The number of H-pyrrole nitrogens is 1. The Balaban J connectivity index is 0.593. The number of likely N-dealkylation sites (tertiary alicyclic amines) is 2. The number of para-hydroxylation sites is 1. The molecule has 10 aliphatic rings. The number of aromatic amines is 1. The fourth-order valence-corrected chi connectivity index (χ4v) is 17.4. The van der Waals surface area contributed by atoms with Crippen molar-refractivity contribution < 1.29 is 58.8 Å². The van der Waals surface area contributed by atoms with Crippen LogP contribution in [-0.2, 0) is 49.2 Å². The van der Waals surface area contributed by atoms with Gasteiger partial charge in [-0.3, -0.25) is 14.5 Å². The number of fused-ring (bicyclic) bond motifs is 4. The van der Waals surface area contributed by atoms with Crippen LogP contribution in [0.1, 0.15) is 78.6 Å². The van der Waals surface area contributed by atoms with Crippen molar-refractivity contribution in [3.63, 3.8) is 0 Å². The Morgan fingerprint density at radius 3 is 2.60 bits per heavy atom. The number of aliphatic hydroxyl groups is 4. The van der Waals surface area contributed by atoms with Gasteiger partial charge in [0.05, 0.1) is 34.5 Å². The predicted molar refractivity (Wildman–Crippen MR) is 280 cm³/mol. The van der Waals surface area contributed by atoms with E-state index in [1.165, 1.54) is 40.0 Å². The normalized spacial score (nSPS) is 36.3. The van der Waals surface area contributed by atoms with E-state index in [4.69, 9.17) is 23.7 Å². The van der Waals surface area contributed by atoms with Gasteiger partial charge in [0, 0.05) is 77.4 Å². The summed E-state index contributed by atoms with van der Waals surface area (Å²) in [7, 11) is 5.15. The first kappa shape index (κ1) is 48.8. The molecule has 19 heteroatoms. The standard InChI is InChI=1S/C56H65N5O12S2/c1-3-69-36-13-10-28-23-34-32-11-14-37(50-54(32,16-19-60(34)2)40(28)48(36)72-50)70-53-46(66)44(64)45(65)49(73-53)52(67)57-18-22-75-74-21-15-39(63)58-33-6-4-5-30-31-25-56(68)38-24-29-9-12-35(62)47-41(29)55(56,17-20-61(38)26-27-7-8-27)51(71-47)43(31)59-42(30)33/h4-6,9-14,27,32,34,37-38,44-46,49-51,53,59,62,64-66,68H,3,7-8,15-26H2,1-2H3,(H,57,67)(H,58,63)/t32?,34-,37+,38+,44+,45+,46-,49+,50+,51+,53-,54?,55?,56-/m1/s1. The van der Waals surface area contributed by atoms with E-state index >= 15 is 0 Å². The highest BCUT2D eigenvalue weighted by Crippen LogP contribution is 2.69. The van der Waals surface area contributed by atoms with Gasteiger partial charge < -0.3 is 69.7 Å². The van der Waals surface area contributed by atoms with Gasteiger partial charge in [0.2, 0.25) is 5.91 Å². The molecular weight excluding hydrogens is 999 g/mol. The van der Waals surface area contributed by atoms with Gasteiger partial charge in [-0.2, -0.15) is 0 Å². The monoisotopic (exact) mass is 1060 g/mol.